The lowest BCUT2D eigenvalue weighted by Crippen LogP contribution is -2.17. The Morgan fingerprint density at radius 3 is 2.73 bits per heavy atom. The van der Waals surface area contributed by atoms with Crippen molar-refractivity contribution in [2.45, 2.75) is 18.2 Å². The van der Waals surface area contributed by atoms with E-state index in [0.717, 1.165) is 10.9 Å². The number of nitrogens with zero attached hydrogens (tertiary/aromatic N) is 1. The van der Waals surface area contributed by atoms with Gasteiger partial charge in [0.2, 0.25) is 0 Å². The van der Waals surface area contributed by atoms with Gasteiger partial charge in [0.1, 0.15) is 0 Å². The fourth-order valence-electron chi connectivity index (χ4n) is 2.63. The zero-order valence-corrected chi connectivity index (χ0v) is 15.0. The Morgan fingerprint density at radius 2 is 1.92 bits per heavy atom. The van der Waals surface area contributed by atoms with Gasteiger partial charge in [-0.25, -0.2) is 8.42 Å². The number of pyridine rings is 1. The molecule has 0 spiro atoms. The molecule has 1 aromatic heterocycles. The van der Waals surface area contributed by atoms with E-state index in [9.17, 15) is 13.2 Å². The molecule has 0 bridgehead atoms. The number of fused-ring (bicyclic) bond motifs is 1. The van der Waals surface area contributed by atoms with Crippen molar-refractivity contribution in [1.29, 1.82) is 0 Å². The van der Waals surface area contributed by atoms with Crippen LogP contribution >= 0.6 is 0 Å². The van der Waals surface area contributed by atoms with Gasteiger partial charge in [-0.1, -0.05) is 24.3 Å². The summed E-state index contributed by atoms with van der Waals surface area (Å²) in [7, 11) is -3.85. The highest BCUT2D eigenvalue weighted by molar-refractivity contribution is 7.92. The molecule has 0 radical (unpaired) electrons. The van der Waals surface area contributed by atoms with E-state index in [0.29, 0.717) is 11.3 Å². The second kappa shape index (κ2) is 7.53. The van der Waals surface area contributed by atoms with E-state index in [4.69, 9.17) is 4.74 Å². The average Bonchev–Trinajstić information content (AvgIpc) is 2.62. The van der Waals surface area contributed by atoms with Crippen LogP contribution in [-0.2, 0) is 26.0 Å². The van der Waals surface area contributed by atoms with Gasteiger partial charge in [0, 0.05) is 17.3 Å². The third-order valence-electron chi connectivity index (χ3n) is 3.76. The molecule has 0 unspecified atom stereocenters. The van der Waals surface area contributed by atoms with E-state index in [1.54, 1.807) is 55.6 Å². The molecule has 3 rings (SSSR count). The number of hydrogen-bond acceptors (Lipinski definition) is 5. The third kappa shape index (κ3) is 4.00. The molecule has 0 saturated carbocycles. The van der Waals surface area contributed by atoms with Crippen LogP contribution in [0.25, 0.3) is 10.9 Å². The topological polar surface area (TPSA) is 85.4 Å². The Balaban J connectivity index is 1.91. The van der Waals surface area contributed by atoms with Crippen LogP contribution in [0.3, 0.4) is 0 Å². The number of aromatic nitrogens is 1. The van der Waals surface area contributed by atoms with Crippen molar-refractivity contribution in [3.05, 3.63) is 66.4 Å². The van der Waals surface area contributed by atoms with E-state index in [2.05, 4.69) is 9.71 Å². The molecule has 0 saturated heterocycles. The molecule has 0 aliphatic rings. The maximum atomic E-state index is 12.8. The molecule has 1 heterocycles. The molecule has 0 amide bonds. The first-order chi connectivity index (χ1) is 12.5. The number of sulfonamides is 1. The van der Waals surface area contributed by atoms with E-state index < -0.39 is 16.0 Å². The maximum Gasteiger partial charge on any atom is 0.310 e. The molecule has 1 N–H and O–H groups in total. The second-order valence-electron chi connectivity index (χ2n) is 5.61. The summed E-state index contributed by atoms with van der Waals surface area (Å²) in [6, 6.07) is 15.1. The monoisotopic (exact) mass is 370 g/mol. The van der Waals surface area contributed by atoms with Crippen LogP contribution in [0, 0.1) is 0 Å². The number of hydrogen-bond donors (Lipinski definition) is 1. The van der Waals surface area contributed by atoms with Gasteiger partial charge in [-0.2, -0.15) is 0 Å². The standard InChI is InChI=1S/C19H18N2O4S/c1-2-25-19(22)13-15-6-3-4-8-18(15)26(23,24)21-16-9-10-17-14(12-16)7-5-11-20-17/h3-12,21H,2,13H2,1H3. The van der Waals surface area contributed by atoms with Gasteiger partial charge in [-0.05, 0) is 42.8 Å². The number of anilines is 1. The van der Waals surface area contributed by atoms with Crippen molar-refractivity contribution in [3.63, 3.8) is 0 Å². The molecule has 0 atom stereocenters. The Kier molecular flexibility index (Phi) is 5.18. The van der Waals surface area contributed by atoms with Gasteiger partial charge < -0.3 is 4.74 Å². The Labute approximate surface area is 151 Å². The van der Waals surface area contributed by atoms with Crippen LogP contribution in [0.4, 0.5) is 5.69 Å². The van der Waals surface area contributed by atoms with E-state index in [1.807, 2.05) is 6.07 Å². The van der Waals surface area contributed by atoms with Crippen molar-refractivity contribution < 1.29 is 17.9 Å². The first-order valence-electron chi connectivity index (χ1n) is 8.11. The van der Waals surface area contributed by atoms with Crippen LogP contribution in [0.1, 0.15) is 12.5 Å². The van der Waals surface area contributed by atoms with E-state index in [1.165, 1.54) is 6.07 Å². The highest BCUT2D eigenvalue weighted by Gasteiger charge is 2.20. The normalized spacial score (nSPS) is 11.3. The van der Waals surface area contributed by atoms with Gasteiger partial charge in [0.05, 0.1) is 23.4 Å². The summed E-state index contributed by atoms with van der Waals surface area (Å²) in [6.07, 6.45) is 1.57. The largest absolute Gasteiger partial charge is 0.466 e. The number of esters is 1. The van der Waals surface area contributed by atoms with E-state index >= 15 is 0 Å². The summed E-state index contributed by atoms with van der Waals surface area (Å²) in [5.41, 5.74) is 1.59. The van der Waals surface area contributed by atoms with Crippen molar-refractivity contribution in [2.75, 3.05) is 11.3 Å². The van der Waals surface area contributed by atoms with Crippen LogP contribution < -0.4 is 4.72 Å². The smallest absolute Gasteiger partial charge is 0.310 e. The lowest BCUT2D eigenvalue weighted by atomic mass is 10.1. The number of rotatable bonds is 6. The summed E-state index contributed by atoms with van der Waals surface area (Å²) in [5, 5.41) is 0.826. The summed E-state index contributed by atoms with van der Waals surface area (Å²) in [4.78, 5) is 16.0. The van der Waals surface area contributed by atoms with Crippen LogP contribution in [0.15, 0.2) is 65.7 Å². The summed E-state index contributed by atoms with van der Waals surface area (Å²) in [5.74, 6) is -0.466. The highest BCUT2D eigenvalue weighted by atomic mass is 32.2. The SMILES string of the molecule is CCOC(=O)Cc1ccccc1S(=O)(=O)Nc1ccc2ncccc2c1. The molecule has 6 nitrogen and oxygen atoms in total. The maximum absolute atomic E-state index is 12.8. The van der Waals surface area contributed by atoms with Crippen molar-refractivity contribution in [3.8, 4) is 0 Å². The number of carbonyl (C=O) groups excluding carboxylic acids is 1. The van der Waals surface area contributed by atoms with Gasteiger partial charge >= 0.3 is 5.97 Å². The van der Waals surface area contributed by atoms with Crippen LogP contribution in [-0.4, -0.2) is 26.0 Å². The van der Waals surface area contributed by atoms with Crippen molar-refractivity contribution in [2.24, 2.45) is 0 Å². The number of benzene rings is 2. The first-order valence-corrected chi connectivity index (χ1v) is 9.59. The zero-order valence-electron chi connectivity index (χ0n) is 14.2. The molecule has 7 heteroatoms. The lowest BCUT2D eigenvalue weighted by molar-refractivity contribution is -0.142. The lowest BCUT2D eigenvalue weighted by Gasteiger charge is -2.12. The molecular formula is C19H18N2O4S. The first kappa shape index (κ1) is 17.9. The Hall–Kier alpha value is -2.93. The highest BCUT2D eigenvalue weighted by Crippen LogP contribution is 2.23. The number of ether oxygens (including phenoxy) is 1. The predicted molar refractivity (Wildman–Crippen MR) is 99.3 cm³/mol. The predicted octanol–water partition coefficient (Wildman–Crippen LogP) is 3.14. The molecular weight excluding hydrogens is 352 g/mol. The minimum absolute atomic E-state index is 0.0549. The summed E-state index contributed by atoms with van der Waals surface area (Å²) < 4.78 is 33.1. The average molecular weight is 370 g/mol. The molecule has 2 aromatic carbocycles. The minimum atomic E-state index is -3.85. The minimum Gasteiger partial charge on any atom is -0.466 e. The fraction of sp³-hybridized carbons (Fsp3) is 0.158. The second-order valence-corrected chi connectivity index (χ2v) is 7.26. The van der Waals surface area contributed by atoms with Gasteiger partial charge in [0.25, 0.3) is 10.0 Å². The summed E-state index contributed by atoms with van der Waals surface area (Å²) in [6.45, 7) is 1.95. The molecule has 0 aliphatic heterocycles. The fourth-order valence-corrected chi connectivity index (χ4v) is 3.92. The van der Waals surface area contributed by atoms with Gasteiger partial charge in [-0.15, -0.1) is 0 Å². The number of carbonyl (C=O) groups is 1. The van der Waals surface area contributed by atoms with Gasteiger partial charge in [0.15, 0.2) is 0 Å². The molecule has 0 aliphatic carbocycles. The Morgan fingerprint density at radius 1 is 1.12 bits per heavy atom. The van der Waals surface area contributed by atoms with Crippen LogP contribution in [0.2, 0.25) is 0 Å². The van der Waals surface area contributed by atoms with Crippen LogP contribution in [0.5, 0.6) is 0 Å². The van der Waals surface area contributed by atoms with Crippen molar-refractivity contribution in [1.82, 2.24) is 4.98 Å². The third-order valence-corrected chi connectivity index (χ3v) is 5.24. The zero-order chi connectivity index (χ0) is 18.6. The quantitative estimate of drug-likeness (QED) is 0.674. The molecule has 0 fully saturated rings. The molecule has 26 heavy (non-hydrogen) atoms. The van der Waals surface area contributed by atoms with Gasteiger partial charge in [-0.3, -0.25) is 14.5 Å². The summed E-state index contributed by atoms with van der Waals surface area (Å²) >= 11 is 0. The Bertz CT molecular complexity index is 1050. The number of nitrogens with one attached hydrogen (secondary N) is 1. The molecule has 134 valence electrons. The molecule has 3 aromatic rings. The van der Waals surface area contributed by atoms with Crippen molar-refractivity contribution >= 4 is 32.6 Å². The van der Waals surface area contributed by atoms with E-state index in [-0.39, 0.29) is 17.9 Å².